The summed E-state index contributed by atoms with van der Waals surface area (Å²) in [6, 6.07) is 5.77. The predicted octanol–water partition coefficient (Wildman–Crippen LogP) is 2.53. The minimum Gasteiger partial charge on any atom is -0.398 e. The number of hydrogen-bond acceptors (Lipinski definition) is 3. The monoisotopic (exact) mass is 295 g/mol. The van der Waals surface area contributed by atoms with Gasteiger partial charge in [-0.3, -0.25) is 4.79 Å². The van der Waals surface area contributed by atoms with Crippen molar-refractivity contribution in [3.05, 3.63) is 28.8 Å². The Balaban J connectivity index is 1.83. The number of likely N-dealkylation sites (N-methyl/N-ethyl adjacent to an activating group) is 1. The van der Waals surface area contributed by atoms with Gasteiger partial charge < -0.3 is 16.0 Å². The van der Waals surface area contributed by atoms with Gasteiger partial charge in [-0.05, 0) is 32.0 Å². The fraction of sp³-hybridized carbons (Fsp3) is 0.533. The van der Waals surface area contributed by atoms with Crippen molar-refractivity contribution in [2.45, 2.75) is 31.7 Å². The van der Waals surface area contributed by atoms with Crippen molar-refractivity contribution >= 4 is 23.2 Å². The molecule has 0 radical (unpaired) electrons. The van der Waals surface area contributed by atoms with Crippen molar-refractivity contribution in [3.63, 3.8) is 0 Å². The van der Waals surface area contributed by atoms with Crippen LogP contribution < -0.4 is 11.1 Å². The van der Waals surface area contributed by atoms with Gasteiger partial charge in [0.25, 0.3) is 5.91 Å². The lowest BCUT2D eigenvalue weighted by atomic mass is 10.1. The number of halogens is 1. The lowest BCUT2D eigenvalue weighted by Crippen LogP contribution is -2.37. The van der Waals surface area contributed by atoms with Crippen LogP contribution in [0, 0.1) is 0 Å². The summed E-state index contributed by atoms with van der Waals surface area (Å²) in [6.45, 7) is 1.46. The Hall–Kier alpha value is -1.26. The molecule has 1 fully saturated rings. The third-order valence-corrected chi connectivity index (χ3v) is 4.29. The molecule has 0 atom stereocenters. The molecule has 0 aliphatic heterocycles. The fourth-order valence-electron chi connectivity index (χ4n) is 2.74. The molecular formula is C15H22ClN3O. The molecule has 1 amide bonds. The van der Waals surface area contributed by atoms with Crippen LogP contribution in [-0.4, -0.2) is 37.0 Å². The number of amides is 1. The number of carbonyl (C=O) groups is 1. The van der Waals surface area contributed by atoms with Crippen LogP contribution in [0.1, 0.15) is 36.0 Å². The third kappa shape index (κ3) is 3.64. The molecule has 4 nitrogen and oxygen atoms in total. The predicted molar refractivity (Wildman–Crippen MR) is 83.1 cm³/mol. The molecule has 3 N–H and O–H groups in total. The van der Waals surface area contributed by atoms with Gasteiger partial charge in [0.05, 0.1) is 10.6 Å². The zero-order valence-corrected chi connectivity index (χ0v) is 12.6. The molecule has 0 saturated heterocycles. The van der Waals surface area contributed by atoms with Crippen LogP contribution in [0.4, 0.5) is 5.69 Å². The summed E-state index contributed by atoms with van der Waals surface area (Å²) in [7, 11) is 2.12. The molecular weight excluding hydrogens is 274 g/mol. The number of anilines is 1. The SMILES string of the molecule is CN(CCNC(=O)c1c(N)cccc1Cl)C1CCCC1. The summed E-state index contributed by atoms with van der Waals surface area (Å²) in [5.74, 6) is -0.201. The van der Waals surface area contributed by atoms with Gasteiger partial charge in [0.1, 0.15) is 0 Å². The van der Waals surface area contributed by atoms with Crippen LogP contribution in [0.25, 0.3) is 0 Å². The van der Waals surface area contributed by atoms with Gasteiger partial charge in [0, 0.05) is 24.8 Å². The lowest BCUT2D eigenvalue weighted by Gasteiger charge is -2.24. The minimum absolute atomic E-state index is 0.201. The Morgan fingerprint density at radius 1 is 1.45 bits per heavy atom. The zero-order valence-electron chi connectivity index (χ0n) is 11.9. The first-order valence-corrected chi connectivity index (χ1v) is 7.50. The number of hydrogen-bond donors (Lipinski definition) is 2. The molecule has 1 aromatic carbocycles. The second-order valence-electron chi connectivity index (χ2n) is 5.38. The Morgan fingerprint density at radius 3 is 2.80 bits per heavy atom. The molecule has 110 valence electrons. The van der Waals surface area contributed by atoms with E-state index in [4.69, 9.17) is 17.3 Å². The number of nitrogens with zero attached hydrogens (tertiary/aromatic N) is 1. The molecule has 0 bridgehead atoms. The van der Waals surface area contributed by atoms with Gasteiger partial charge in [-0.25, -0.2) is 0 Å². The maximum Gasteiger partial charge on any atom is 0.254 e. The van der Waals surface area contributed by atoms with E-state index in [2.05, 4.69) is 17.3 Å². The quantitative estimate of drug-likeness (QED) is 0.821. The second-order valence-corrected chi connectivity index (χ2v) is 5.79. The molecule has 0 heterocycles. The molecule has 1 aliphatic rings. The summed E-state index contributed by atoms with van der Waals surface area (Å²) in [5, 5.41) is 3.28. The van der Waals surface area contributed by atoms with E-state index in [1.54, 1.807) is 18.2 Å². The first-order chi connectivity index (χ1) is 9.59. The first kappa shape index (κ1) is 15.1. The van der Waals surface area contributed by atoms with Crippen LogP contribution in [0.3, 0.4) is 0 Å². The number of benzene rings is 1. The van der Waals surface area contributed by atoms with E-state index in [0.717, 1.165) is 6.54 Å². The number of carbonyl (C=O) groups excluding carboxylic acids is 1. The highest BCUT2D eigenvalue weighted by Crippen LogP contribution is 2.22. The minimum atomic E-state index is -0.201. The van der Waals surface area contributed by atoms with Gasteiger partial charge in [0.2, 0.25) is 0 Å². The maximum absolute atomic E-state index is 12.1. The topological polar surface area (TPSA) is 58.4 Å². The van der Waals surface area contributed by atoms with Crippen molar-refractivity contribution in [3.8, 4) is 0 Å². The fourth-order valence-corrected chi connectivity index (χ4v) is 3.01. The van der Waals surface area contributed by atoms with Crippen LogP contribution >= 0.6 is 11.6 Å². The van der Waals surface area contributed by atoms with E-state index >= 15 is 0 Å². The molecule has 20 heavy (non-hydrogen) atoms. The Morgan fingerprint density at radius 2 is 2.15 bits per heavy atom. The van der Waals surface area contributed by atoms with Gasteiger partial charge in [-0.1, -0.05) is 30.5 Å². The first-order valence-electron chi connectivity index (χ1n) is 7.12. The van der Waals surface area contributed by atoms with Crippen molar-refractivity contribution in [2.24, 2.45) is 0 Å². The summed E-state index contributed by atoms with van der Waals surface area (Å²) < 4.78 is 0. The van der Waals surface area contributed by atoms with E-state index in [1.165, 1.54) is 25.7 Å². The number of nitrogens with two attached hydrogens (primary N) is 1. The Kier molecular flexibility index (Phi) is 5.26. The van der Waals surface area contributed by atoms with Crippen LogP contribution in [0.2, 0.25) is 5.02 Å². The van der Waals surface area contributed by atoms with Crippen molar-refractivity contribution < 1.29 is 4.79 Å². The highest BCUT2D eigenvalue weighted by molar-refractivity contribution is 6.34. The van der Waals surface area contributed by atoms with Gasteiger partial charge in [0.15, 0.2) is 0 Å². The van der Waals surface area contributed by atoms with Gasteiger partial charge in [-0.15, -0.1) is 0 Å². The summed E-state index contributed by atoms with van der Waals surface area (Å²) >= 11 is 6.02. The van der Waals surface area contributed by atoms with Gasteiger partial charge >= 0.3 is 0 Å². The standard InChI is InChI=1S/C15H22ClN3O/c1-19(11-5-2-3-6-11)10-9-18-15(20)14-12(16)7-4-8-13(14)17/h4,7-8,11H,2-3,5-6,9-10,17H2,1H3,(H,18,20). The molecule has 2 rings (SSSR count). The van der Waals surface area contributed by atoms with Crippen molar-refractivity contribution in [2.75, 3.05) is 25.9 Å². The van der Waals surface area contributed by atoms with Gasteiger partial charge in [-0.2, -0.15) is 0 Å². The van der Waals surface area contributed by atoms with E-state index in [1.807, 2.05) is 0 Å². The molecule has 1 saturated carbocycles. The highest BCUT2D eigenvalue weighted by atomic mass is 35.5. The van der Waals surface area contributed by atoms with E-state index < -0.39 is 0 Å². The maximum atomic E-state index is 12.1. The lowest BCUT2D eigenvalue weighted by molar-refractivity contribution is 0.0948. The largest absolute Gasteiger partial charge is 0.398 e. The van der Waals surface area contributed by atoms with Crippen LogP contribution in [0.5, 0.6) is 0 Å². The van der Waals surface area contributed by atoms with E-state index in [0.29, 0.717) is 28.9 Å². The average molecular weight is 296 g/mol. The molecule has 1 aliphatic carbocycles. The molecule has 1 aromatic rings. The summed E-state index contributed by atoms with van der Waals surface area (Å²) in [6.07, 6.45) is 5.17. The van der Waals surface area contributed by atoms with Crippen molar-refractivity contribution in [1.29, 1.82) is 0 Å². The number of nitrogens with one attached hydrogen (secondary N) is 1. The zero-order chi connectivity index (χ0) is 14.5. The smallest absolute Gasteiger partial charge is 0.254 e. The number of rotatable bonds is 5. The average Bonchev–Trinajstić information content (AvgIpc) is 2.92. The second kappa shape index (κ2) is 6.95. The Labute approximate surface area is 125 Å². The molecule has 5 heteroatoms. The highest BCUT2D eigenvalue weighted by Gasteiger charge is 2.19. The normalized spacial score (nSPS) is 15.8. The van der Waals surface area contributed by atoms with Crippen LogP contribution in [0.15, 0.2) is 18.2 Å². The molecule has 0 aromatic heterocycles. The summed E-state index contributed by atoms with van der Waals surface area (Å²) in [5.41, 5.74) is 6.59. The van der Waals surface area contributed by atoms with Crippen molar-refractivity contribution in [1.82, 2.24) is 10.2 Å². The number of nitrogen functional groups attached to an aromatic ring is 1. The van der Waals surface area contributed by atoms with E-state index in [9.17, 15) is 4.79 Å². The third-order valence-electron chi connectivity index (χ3n) is 3.97. The Bertz CT molecular complexity index is 452. The van der Waals surface area contributed by atoms with Crippen LogP contribution in [-0.2, 0) is 0 Å². The molecule has 0 spiro atoms. The van der Waals surface area contributed by atoms with E-state index in [-0.39, 0.29) is 5.91 Å². The summed E-state index contributed by atoms with van der Waals surface area (Å²) in [4.78, 5) is 14.4. The molecule has 0 unspecified atom stereocenters.